The largest absolute Gasteiger partial charge is 0.433 e. The van der Waals surface area contributed by atoms with Gasteiger partial charge in [0.2, 0.25) is 0 Å². The molecular weight excluding hydrogens is 280 g/mol. The first-order chi connectivity index (χ1) is 9.49. The van der Waals surface area contributed by atoms with Gasteiger partial charge in [-0.05, 0) is 36.4 Å². The summed E-state index contributed by atoms with van der Waals surface area (Å²) in [5.74, 6) is 0.579. The molecule has 0 unspecified atom stereocenters. The van der Waals surface area contributed by atoms with E-state index < -0.39 is 4.92 Å². The van der Waals surface area contributed by atoms with E-state index in [1.54, 1.807) is 12.2 Å². The first-order valence-corrected chi connectivity index (χ1v) is 6.37. The number of nitrogens with one attached hydrogen (secondary N) is 2. The normalized spacial score (nSPS) is 11.3. The summed E-state index contributed by atoms with van der Waals surface area (Å²) in [5.41, 5.74) is 2.65. The van der Waals surface area contributed by atoms with Crippen molar-refractivity contribution in [2.75, 3.05) is 6.54 Å². The third-order valence-electron chi connectivity index (χ3n) is 2.05. The van der Waals surface area contributed by atoms with Crippen molar-refractivity contribution in [1.82, 2.24) is 10.7 Å². The molecule has 1 aromatic heterocycles. The minimum Gasteiger partial charge on any atom is -0.401 e. The molecule has 0 spiro atoms. The fraction of sp³-hybridized carbons (Fsp3) is 0.333. The van der Waals surface area contributed by atoms with Gasteiger partial charge in [-0.2, -0.15) is 5.10 Å². The molecule has 0 radical (unpaired) electrons. The quantitative estimate of drug-likeness (QED) is 0.362. The fourth-order valence-corrected chi connectivity index (χ4v) is 1.28. The van der Waals surface area contributed by atoms with Gasteiger partial charge in [0.05, 0.1) is 6.07 Å². The number of nitro groups is 1. The molecule has 0 atom stereocenters. The van der Waals surface area contributed by atoms with Crippen LogP contribution < -0.4 is 10.7 Å². The highest BCUT2D eigenvalue weighted by Crippen LogP contribution is 2.16. The molecule has 0 amide bonds. The Kier molecular flexibility index (Phi) is 6.38. The van der Waals surface area contributed by atoms with Gasteiger partial charge in [-0.25, -0.2) is 0 Å². The Morgan fingerprint density at radius 2 is 2.35 bits per heavy atom. The van der Waals surface area contributed by atoms with E-state index in [4.69, 9.17) is 16.6 Å². The minimum atomic E-state index is -0.591. The van der Waals surface area contributed by atoms with Gasteiger partial charge in [0.1, 0.15) is 10.7 Å². The summed E-state index contributed by atoms with van der Waals surface area (Å²) < 4.78 is 4.93. The summed E-state index contributed by atoms with van der Waals surface area (Å²) >= 11 is 4.99. The predicted octanol–water partition coefficient (Wildman–Crippen LogP) is 2.31. The Hall–Kier alpha value is -2.22. The van der Waals surface area contributed by atoms with E-state index in [-0.39, 0.29) is 5.88 Å². The summed E-state index contributed by atoms with van der Waals surface area (Å²) in [7, 11) is 0. The van der Waals surface area contributed by atoms with Crippen LogP contribution in [0.2, 0.25) is 0 Å². The van der Waals surface area contributed by atoms with E-state index in [9.17, 15) is 10.1 Å². The molecule has 108 valence electrons. The third kappa shape index (κ3) is 6.10. The van der Waals surface area contributed by atoms with Crippen molar-refractivity contribution in [2.24, 2.45) is 11.0 Å². The van der Waals surface area contributed by atoms with Crippen molar-refractivity contribution in [3.63, 3.8) is 0 Å². The summed E-state index contributed by atoms with van der Waals surface area (Å²) in [6.07, 6.45) is 4.61. The maximum absolute atomic E-state index is 10.4. The SMILES string of the molecule is CC(C)CNC(=S)N/N=C\C=C/c1ccc([N+](=O)[O-])o1. The molecule has 0 saturated heterocycles. The van der Waals surface area contributed by atoms with Crippen LogP contribution in [0.25, 0.3) is 6.08 Å². The highest BCUT2D eigenvalue weighted by molar-refractivity contribution is 7.80. The second kappa shape index (κ2) is 8.05. The van der Waals surface area contributed by atoms with Crippen LogP contribution in [0.5, 0.6) is 0 Å². The van der Waals surface area contributed by atoms with E-state index in [0.717, 1.165) is 6.54 Å². The molecule has 0 aliphatic heterocycles. The smallest absolute Gasteiger partial charge is 0.401 e. The predicted molar refractivity (Wildman–Crippen MR) is 81.5 cm³/mol. The van der Waals surface area contributed by atoms with Gasteiger partial charge in [0, 0.05) is 12.8 Å². The molecule has 0 saturated carbocycles. The zero-order valence-electron chi connectivity index (χ0n) is 11.2. The van der Waals surface area contributed by atoms with E-state index >= 15 is 0 Å². The van der Waals surface area contributed by atoms with Crippen LogP contribution in [-0.2, 0) is 0 Å². The van der Waals surface area contributed by atoms with Crippen molar-refractivity contribution in [1.29, 1.82) is 0 Å². The molecule has 8 heteroatoms. The average molecular weight is 296 g/mol. The van der Waals surface area contributed by atoms with Gasteiger partial charge in [-0.3, -0.25) is 15.5 Å². The van der Waals surface area contributed by atoms with Crippen molar-refractivity contribution in [3.8, 4) is 0 Å². The molecular formula is C12H16N4O3S. The minimum absolute atomic E-state index is 0.293. The lowest BCUT2D eigenvalue weighted by atomic mass is 10.2. The number of hydrogen-bond donors (Lipinski definition) is 2. The second-order valence-electron chi connectivity index (χ2n) is 4.29. The maximum Gasteiger partial charge on any atom is 0.433 e. The summed E-state index contributed by atoms with van der Waals surface area (Å²) in [4.78, 5) is 9.81. The number of hydrogen-bond acceptors (Lipinski definition) is 5. The Bertz CT molecular complexity index is 523. The monoisotopic (exact) mass is 296 g/mol. The van der Waals surface area contributed by atoms with E-state index in [1.807, 2.05) is 0 Å². The van der Waals surface area contributed by atoms with Crippen molar-refractivity contribution in [2.45, 2.75) is 13.8 Å². The van der Waals surface area contributed by atoms with Gasteiger partial charge >= 0.3 is 5.88 Å². The van der Waals surface area contributed by atoms with Crippen LogP contribution in [0.15, 0.2) is 27.7 Å². The zero-order valence-corrected chi connectivity index (χ0v) is 12.0. The van der Waals surface area contributed by atoms with Crippen LogP contribution >= 0.6 is 12.2 Å². The summed E-state index contributed by atoms with van der Waals surface area (Å²) in [5, 5.41) is 17.7. The van der Waals surface area contributed by atoms with E-state index in [1.165, 1.54) is 18.3 Å². The Morgan fingerprint density at radius 1 is 1.60 bits per heavy atom. The zero-order chi connectivity index (χ0) is 15.0. The van der Waals surface area contributed by atoms with E-state index in [0.29, 0.717) is 16.8 Å². The highest BCUT2D eigenvalue weighted by atomic mass is 32.1. The van der Waals surface area contributed by atoms with Gasteiger partial charge in [0.15, 0.2) is 5.11 Å². The number of hydrazone groups is 1. The number of allylic oxidation sites excluding steroid dienone is 1. The van der Waals surface area contributed by atoms with Crippen LogP contribution in [-0.4, -0.2) is 22.8 Å². The highest BCUT2D eigenvalue weighted by Gasteiger charge is 2.09. The average Bonchev–Trinajstić information content (AvgIpc) is 2.85. The van der Waals surface area contributed by atoms with Crippen molar-refractivity contribution < 1.29 is 9.34 Å². The molecule has 0 bridgehead atoms. The molecule has 0 aliphatic carbocycles. The van der Waals surface area contributed by atoms with Crippen LogP contribution in [0.1, 0.15) is 19.6 Å². The van der Waals surface area contributed by atoms with Crippen molar-refractivity contribution in [3.05, 3.63) is 34.1 Å². The first-order valence-electron chi connectivity index (χ1n) is 5.97. The lowest BCUT2D eigenvalue weighted by Gasteiger charge is -2.08. The molecule has 0 aromatic carbocycles. The Balaban J connectivity index is 2.34. The number of furan rings is 1. The van der Waals surface area contributed by atoms with Gasteiger partial charge in [0.25, 0.3) is 0 Å². The number of nitrogens with zero attached hydrogens (tertiary/aromatic N) is 2. The van der Waals surface area contributed by atoms with Gasteiger partial charge < -0.3 is 9.73 Å². The third-order valence-corrected chi connectivity index (χ3v) is 2.29. The molecule has 1 aromatic rings. The van der Waals surface area contributed by atoms with E-state index in [2.05, 4.69) is 29.7 Å². The van der Waals surface area contributed by atoms with Crippen molar-refractivity contribution >= 4 is 35.5 Å². The van der Waals surface area contributed by atoms with Crippen LogP contribution in [0.4, 0.5) is 5.88 Å². The summed E-state index contributed by atoms with van der Waals surface area (Å²) in [6.45, 7) is 4.92. The molecule has 7 nitrogen and oxygen atoms in total. The Labute approximate surface area is 121 Å². The number of thiocarbonyl (C=S) groups is 1. The lowest BCUT2D eigenvalue weighted by Crippen LogP contribution is -2.34. The lowest BCUT2D eigenvalue weighted by molar-refractivity contribution is -0.402. The van der Waals surface area contributed by atoms with Crippen LogP contribution in [0, 0.1) is 16.0 Å². The van der Waals surface area contributed by atoms with Crippen LogP contribution in [0.3, 0.4) is 0 Å². The molecule has 1 heterocycles. The topological polar surface area (TPSA) is 92.7 Å². The molecule has 0 aliphatic rings. The van der Waals surface area contributed by atoms with Gasteiger partial charge in [-0.1, -0.05) is 13.8 Å². The fourth-order valence-electron chi connectivity index (χ4n) is 1.14. The Morgan fingerprint density at radius 3 is 2.95 bits per heavy atom. The molecule has 1 rings (SSSR count). The summed E-state index contributed by atoms with van der Waals surface area (Å²) in [6, 6.07) is 2.80. The second-order valence-corrected chi connectivity index (χ2v) is 4.69. The number of rotatable bonds is 6. The standard InChI is InChI=1S/C12H16N4O3S/c1-9(2)8-13-12(20)15-14-7-3-4-10-5-6-11(19-10)16(17)18/h3-7,9H,8H2,1-2H3,(H2,13,15,20)/b4-3-,14-7-. The maximum atomic E-state index is 10.4. The molecule has 20 heavy (non-hydrogen) atoms. The molecule has 0 fully saturated rings. The molecule has 2 N–H and O–H groups in total. The first kappa shape index (κ1) is 15.8. The van der Waals surface area contributed by atoms with Gasteiger partial charge in [-0.15, -0.1) is 0 Å².